The number of benzene rings is 4. The molecule has 0 saturated heterocycles. The second kappa shape index (κ2) is 16.7. The third-order valence-corrected chi connectivity index (χ3v) is 9.90. The van der Waals surface area contributed by atoms with Gasteiger partial charge in [0, 0.05) is 54.2 Å². The Morgan fingerprint density at radius 3 is 1.61 bits per heavy atom. The van der Waals surface area contributed by atoms with Crippen LogP contribution in [-0.4, -0.2) is 81.0 Å². The molecule has 14 heteroatoms. The molecular weight excluding hydrogens is 728 g/mol. The van der Waals surface area contributed by atoms with Crippen molar-refractivity contribution in [2.45, 2.75) is 50.6 Å². The first-order chi connectivity index (χ1) is 27.0. The Hall–Kier alpha value is -6.18. The fourth-order valence-corrected chi connectivity index (χ4v) is 7.57. The summed E-state index contributed by atoms with van der Waals surface area (Å²) in [6.45, 7) is 2.68. The SMILES string of the molecule is COc1ccc(C2Oc3cc(OC)c(C4c5ccc(OC)c(OC)c5OC(c5ccc(OC)c(OC)c5)C4OC(C)=O)c(OC)c3CC2OC(C)=O)cc1OC. The summed E-state index contributed by atoms with van der Waals surface area (Å²) in [5.74, 6) is 2.39. The van der Waals surface area contributed by atoms with Gasteiger partial charge in [0.1, 0.15) is 23.4 Å². The zero-order valence-electron chi connectivity index (χ0n) is 33.0. The largest absolute Gasteiger partial charge is 0.496 e. The molecule has 2 aliphatic rings. The molecule has 0 bridgehead atoms. The molecule has 2 heterocycles. The van der Waals surface area contributed by atoms with Crippen molar-refractivity contribution in [1.82, 2.24) is 0 Å². The molecule has 6 rings (SSSR count). The van der Waals surface area contributed by atoms with Crippen LogP contribution in [0.4, 0.5) is 0 Å². The maximum absolute atomic E-state index is 13.1. The lowest BCUT2D eigenvalue weighted by Gasteiger charge is -2.41. The molecule has 0 spiro atoms. The Morgan fingerprint density at radius 2 is 1.09 bits per heavy atom. The minimum absolute atomic E-state index is 0.188. The van der Waals surface area contributed by atoms with Crippen LogP contribution in [0.2, 0.25) is 0 Å². The molecule has 14 nitrogen and oxygen atoms in total. The van der Waals surface area contributed by atoms with E-state index in [1.807, 2.05) is 18.2 Å². The Balaban J connectivity index is 1.61. The van der Waals surface area contributed by atoms with Crippen molar-refractivity contribution in [3.05, 3.63) is 82.4 Å². The molecule has 0 aliphatic carbocycles. The van der Waals surface area contributed by atoms with Crippen molar-refractivity contribution in [2.75, 3.05) is 56.9 Å². The van der Waals surface area contributed by atoms with E-state index in [4.69, 9.17) is 56.8 Å². The van der Waals surface area contributed by atoms with Gasteiger partial charge in [-0.1, -0.05) is 18.2 Å². The van der Waals surface area contributed by atoms with Crippen molar-refractivity contribution in [3.8, 4) is 57.5 Å². The predicted octanol–water partition coefficient (Wildman–Crippen LogP) is 6.56. The van der Waals surface area contributed by atoms with Crippen LogP contribution in [0.5, 0.6) is 57.5 Å². The summed E-state index contributed by atoms with van der Waals surface area (Å²) in [5.41, 5.74) is 3.02. The van der Waals surface area contributed by atoms with Crippen LogP contribution in [0.25, 0.3) is 0 Å². The van der Waals surface area contributed by atoms with E-state index in [2.05, 4.69) is 0 Å². The molecule has 4 aromatic carbocycles. The normalized spacial score (nSPS) is 19.4. The van der Waals surface area contributed by atoms with Crippen LogP contribution in [0.3, 0.4) is 0 Å². The average Bonchev–Trinajstić information content (AvgIpc) is 3.21. The molecule has 2 aliphatic heterocycles. The smallest absolute Gasteiger partial charge is 0.303 e. The Morgan fingerprint density at radius 1 is 0.554 bits per heavy atom. The molecule has 5 unspecified atom stereocenters. The molecule has 0 aromatic heterocycles. The lowest BCUT2D eigenvalue weighted by atomic mass is 9.77. The van der Waals surface area contributed by atoms with Crippen molar-refractivity contribution in [1.29, 1.82) is 0 Å². The second-order valence-electron chi connectivity index (χ2n) is 12.9. The maximum atomic E-state index is 13.1. The van der Waals surface area contributed by atoms with E-state index < -0.39 is 42.3 Å². The Bertz CT molecular complexity index is 2090. The second-order valence-corrected chi connectivity index (χ2v) is 12.9. The highest BCUT2D eigenvalue weighted by Gasteiger charge is 2.48. The van der Waals surface area contributed by atoms with Gasteiger partial charge in [-0.25, -0.2) is 0 Å². The molecule has 56 heavy (non-hydrogen) atoms. The lowest BCUT2D eigenvalue weighted by Crippen LogP contribution is -2.39. The van der Waals surface area contributed by atoms with E-state index in [0.717, 1.165) is 0 Å². The van der Waals surface area contributed by atoms with Crippen molar-refractivity contribution in [2.24, 2.45) is 0 Å². The van der Waals surface area contributed by atoms with Crippen LogP contribution in [-0.2, 0) is 25.5 Å². The fraction of sp³-hybridized carbons (Fsp3) is 0.381. The number of ether oxygens (including phenoxy) is 12. The number of hydrogen-bond acceptors (Lipinski definition) is 14. The average molecular weight is 775 g/mol. The van der Waals surface area contributed by atoms with E-state index in [-0.39, 0.29) is 6.42 Å². The summed E-state index contributed by atoms with van der Waals surface area (Å²) in [5, 5.41) is 0. The maximum Gasteiger partial charge on any atom is 0.303 e. The molecule has 0 saturated carbocycles. The quantitative estimate of drug-likeness (QED) is 0.135. The molecule has 4 aromatic rings. The fourth-order valence-electron chi connectivity index (χ4n) is 7.57. The summed E-state index contributed by atoms with van der Waals surface area (Å²) in [6, 6.07) is 16.0. The van der Waals surface area contributed by atoms with Crippen molar-refractivity contribution >= 4 is 11.9 Å². The topological polar surface area (TPSA) is 145 Å². The van der Waals surface area contributed by atoms with Crippen LogP contribution < -0.4 is 47.4 Å². The molecule has 0 fully saturated rings. The van der Waals surface area contributed by atoms with Gasteiger partial charge in [0.05, 0.1) is 62.8 Å². The van der Waals surface area contributed by atoms with E-state index in [1.165, 1.54) is 49.4 Å². The monoisotopic (exact) mass is 774 g/mol. The highest BCUT2D eigenvalue weighted by atomic mass is 16.6. The van der Waals surface area contributed by atoms with E-state index >= 15 is 0 Å². The summed E-state index contributed by atoms with van der Waals surface area (Å²) in [4.78, 5) is 25.6. The third-order valence-electron chi connectivity index (χ3n) is 9.90. The van der Waals surface area contributed by atoms with E-state index in [9.17, 15) is 9.59 Å². The number of methoxy groups -OCH3 is 8. The standard InChI is InChI=1S/C42H46O14/c1-21(43)53-34-19-26-30(55-37(34)23-11-14-27(45-3)31(17-23)48-6)20-33(50-8)36(39(26)51-9)35-25-13-16-29(47-5)41(52-10)40(25)56-38(42(35)54-22(2)44)24-12-15-28(46-4)32(18-24)49-7/h11-18,20,34-35,37-38,42H,19H2,1-10H3. The lowest BCUT2D eigenvalue weighted by molar-refractivity contribution is -0.154. The van der Waals surface area contributed by atoms with Crippen LogP contribution >= 0.6 is 0 Å². The first-order valence-corrected chi connectivity index (χ1v) is 17.7. The van der Waals surface area contributed by atoms with Gasteiger partial charge in [-0.3, -0.25) is 9.59 Å². The van der Waals surface area contributed by atoms with E-state index in [0.29, 0.717) is 85.3 Å². The van der Waals surface area contributed by atoms with E-state index in [1.54, 1.807) is 57.7 Å². The third kappa shape index (κ3) is 7.18. The number of hydrogen-bond donors (Lipinski definition) is 0. The van der Waals surface area contributed by atoms with Gasteiger partial charge >= 0.3 is 11.9 Å². The van der Waals surface area contributed by atoms with Crippen LogP contribution in [0.15, 0.2) is 54.6 Å². The molecule has 5 atom stereocenters. The van der Waals surface area contributed by atoms with Gasteiger partial charge in [0.2, 0.25) is 5.75 Å². The first kappa shape index (κ1) is 39.5. The van der Waals surface area contributed by atoms with Crippen molar-refractivity contribution < 1.29 is 66.4 Å². The van der Waals surface area contributed by atoms with Gasteiger partial charge in [0.15, 0.2) is 52.8 Å². The Kier molecular flexibility index (Phi) is 11.8. The number of fused-ring (bicyclic) bond motifs is 2. The highest BCUT2D eigenvalue weighted by Crippen LogP contribution is 2.58. The summed E-state index contributed by atoms with van der Waals surface area (Å²) in [6.07, 6.45) is -3.28. The number of carbonyl (C=O) groups is 2. The number of rotatable bonds is 13. The molecule has 298 valence electrons. The minimum Gasteiger partial charge on any atom is -0.496 e. The molecule has 0 N–H and O–H groups in total. The minimum atomic E-state index is -1.01. The first-order valence-electron chi connectivity index (χ1n) is 17.7. The van der Waals surface area contributed by atoms with Crippen molar-refractivity contribution in [3.63, 3.8) is 0 Å². The molecule has 0 radical (unpaired) electrons. The summed E-state index contributed by atoms with van der Waals surface area (Å²) >= 11 is 0. The predicted molar refractivity (Wildman–Crippen MR) is 202 cm³/mol. The highest BCUT2D eigenvalue weighted by molar-refractivity contribution is 5.70. The van der Waals surface area contributed by atoms with Crippen LogP contribution in [0.1, 0.15) is 59.8 Å². The van der Waals surface area contributed by atoms with Gasteiger partial charge < -0.3 is 56.8 Å². The molecule has 0 amide bonds. The van der Waals surface area contributed by atoms with Gasteiger partial charge in [-0.2, -0.15) is 0 Å². The molecular formula is C42H46O14. The summed E-state index contributed by atoms with van der Waals surface area (Å²) < 4.78 is 71.8. The zero-order valence-corrected chi connectivity index (χ0v) is 33.0. The van der Waals surface area contributed by atoms with Crippen LogP contribution in [0, 0.1) is 0 Å². The number of esters is 2. The number of carbonyl (C=O) groups excluding carboxylic acids is 2. The van der Waals surface area contributed by atoms with Gasteiger partial charge in [0.25, 0.3) is 0 Å². The Labute approximate surface area is 325 Å². The van der Waals surface area contributed by atoms with Gasteiger partial charge in [-0.15, -0.1) is 0 Å². The summed E-state index contributed by atoms with van der Waals surface area (Å²) in [7, 11) is 12.3. The van der Waals surface area contributed by atoms with Gasteiger partial charge in [-0.05, 0) is 30.3 Å². The zero-order chi connectivity index (χ0) is 40.3.